The quantitative estimate of drug-likeness (QED) is 0.907. The Hall–Kier alpha value is -1.64. The lowest BCUT2D eigenvalue weighted by atomic mass is 9.78. The molecule has 1 heterocycles. The minimum absolute atomic E-state index is 0.236. The first-order valence-electron chi connectivity index (χ1n) is 8.09. The van der Waals surface area contributed by atoms with Gasteiger partial charge in [-0.2, -0.15) is 0 Å². The third kappa shape index (κ3) is 2.81. The molecule has 0 bridgehead atoms. The fourth-order valence-electron chi connectivity index (χ4n) is 3.46. The molecule has 1 aliphatic heterocycles. The Kier molecular flexibility index (Phi) is 4.07. The molecule has 1 N–H and O–H groups in total. The summed E-state index contributed by atoms with van der Waals surface area (Å²) in [7, 11) is 2.13. The van der Waals surface area contributed by atoms with Crippen LogP contribution >= 0.6 is 0 Å². The molecule has 22 heavy (non-hydrogen) atoms. The highest BCUT2D eigenvalue weighted by Gasteiger charge is 2.38. The van der Waals surface area contributed by atoms with E-state index in [4.69, 9.17) is 0 Å². The molecule has 0 amide bonds. The van der Waals surface area contributed by atoms with Crippen molar-refractivity contribution in [2.75, 3.05) is 13.6 Å². The van der Waals surface area contributed by atoms with E-state index in [1.165, 1.54) is 16.3 Å². The molecule has 3 rings (SSSR count). The fourth-order valence-corrected chi connectivity index (χ4v) is 3.46. The summed E-state index contributed by atoms with van der Waals surface area (Å²) in [5.41, 5.74) is 0.452. The van der Waals surface area contributed by atoms with E-state index in [9.17, 15) is 5.11 Å². The average Bonchev–Trinajstić information content (AvgIpc) is 2.51. The van der Waals surface area contributed by atoms with Gasteiger partial charge in [0, 0.05) is 18.5 Å². The lowest BCUT2D eigenvalue weighted by molar-refractivity contribution is -0.0414. The standard InChI is InChI=1S/C20H25NO/c1-15-14-21(3)16(2)13-20(15,22)12-11-18-9-6-8-17-7-4-5-10-19(17)18/h4-12,15-16,22H,13-14H2,1-3H3. The van der Waals surface area contributed by atoms with Crippen LogP contribution in [-0.4, -0.2) is 35.2 Å². The Labute approximate surface area is 133 Å². The molecule has 0 spiro atoms. The van der Waals surface area contributed by atoms with E-state index in [2.05, 4.69) is 74.3 Å². The molecule has 3 unspecified atom stereocenters. The van der Waals surface area contributed by atoms with Gasteiger partial charge in [-0.15, -0.1) is 0 Å². The highest BCUT2D eigenvalue weighted by atomic mass is 16.3. The normalized spacial score (nSPS) is 30.2. The summed E-state index contributed by atoms with van der Waals surface area (Å²) >= 11 is 0. The molecule has 116 valence electrons. The first-order chi connectivity index (χ1) is 10.5. The van der Waals surface area contributed by atoms with Gasteiger partial charge in [0.2, 0.25) is 0 Å². The Morgan fingerprint density at radius 3 is 2.68 bits per heavy atom. The average molecular weight is 295 g/mol. The van der Waals surface area contributed by atoms with Gasteiger partial charge in [0.25, 0.3) is 0 Å². The van der Waals surface area contributed by atoms with E-state index in [-0.39, 0.29) is 5.92 Å². The van der Waals surface area contributed by atoms with Crippen LogP contribution in [0.5, 0.6) is 0 Å². The van der Waals surface area contributed by atoms with Crippen molar-refractivity contribution in [1.29, 1.82) is 0 Å². The second kappa shape index (κ2) is 5.86. The molecule has 0 aliphatic carbocycles. The molecule has 0 aromatic heterocycles. The lowest BCUT2D eigenvalue weighted by Crippen LogP contribution is -2.52. The maximum atomic E-state index is 11.0. The predicted molar refractivity (Wildman–Crippen MR) is 93.8 cm³/mol. The zero-order valence-corrected chi connectivity index (χ0v) is 13.7. The number of hydrogen-bond donors (Lipinski definition) is 1. The van der Waals surface area contributed by atoms with Crippen LogP contribution in [0.1, 0.15) is 25.8 Å². The van der Waals surface area contributed by atoms with Gasteiger partial charge in [0.05, 0.1) is 5.60 Å². The van der Waals surface area contributed by atoms with Gasteiger partial charge in [0.1, 0.15) is 0 Å². The van der Waals surface area contributed by atoms with Crippen molar-refractivity contribution in [1.82, 2.24) is 4.90 Å². The van der Waals surface area contributed by atoms with Crippen molar-refractivity contribution in [2.24, 2.45) is 5.92 Å². The van der Waals surface area contributed by atoms with Gasteiger partial charge in [0.15, 0.2) is 0 Å². The molecule has 1 fully saturated rings. The van der Waals surface area contributed by atoms with Crippen LogP contribution in [-0.2, 0) is 0 Å². The van der Waals surface area contributed by atoms with Crippen molar-refractivity contribution in [2.45, 2.75) is 31.9 Å². The van der Waals surface area contributed by atoms with Crippen molar-refractivity contribution in [3.8, 4) is 0 Å². The van der Waals surface area contributed by atoms with Crippen LogP contribution in [0.25, 0.3) is 16.8 Å². The van der Waals surface area contributed by atoms with Gasteiger partial charge in [-0.25, -0.2) is 0 Å². The second-order valence-corrected chi connectivity index (χ2v) is 6.79. The third-order valence-electron chi connectivity index (χ3n) is 5.16. The highest BCUT2D eigenvalue weighted by molar-refractivity contribution is 5.90. The Balaban J connectivity index is 1.92. The third-order valence-corrected chi connectivity index (χ3v) is 5.16. The molecular formula is C20H25NO. The highest BCUT2D eigenvalue weighted by Crippen LogP contribution is 2.33. The van der Waals surface area contributed by atoms with Crippen LogP contribution < -0.4 is 0 Å². The van der Waals surface area contributed by atoms with Crippen molar-refractivity contribution >= 4 is 16.8 Å². The predicted octanol–water partition coefficient (Wildman–Crippen LogP) is 3.94. The van der Waals surface area contributed by atoms with Crippen molar-refractivity contribution < 1.29 is 5.11 Å². The fraction of sp³-hybridized carbons (Fsp3) is 0.400. The second-order valence-electron chi connectivity index (χ2n) is 6.79. The minimum atomic E-state index is -0.719. The van der Waals surface area contributed by atoms with Crippen molar-refractivity contribution in [3.63, 3.8) is 0 Å². The van der Waals surface area contributed by atoms with Crippen molar-refractivity contribution in [3.05, 3.63) is 54.1 Å². The van der Waals surface area contributed by atoms with Gasteiger partial charge in [-0.3, -0.25) is 0 Å². The van der Waals surface area contributed by atoms with Gasteiger partial charge in [-0.05, 0) is 36.7 Å². The smallest absolute Gasteiger partial charge is 0.0883 e. The number of benzene rings is 2. The first-order valence-corrected chi connectivity index (χ1v) is 8.09. The van der Waals surface area contributed by atoms with Crippen LogP contribution in [0, 0.1) is 5.92 Å². The SMILES string of the molecule is CC1CC(O)(C=Cc2cccc3ccccc23)C(C)CN1C. The van der Waals surface area contributed by atoms with Gasteiger partial charge < -0.3 is 10.0 Å². The molecule has 0 saturated carbocycles. The molecule has 2 aromatic carbocycles. The zero-order chi connectivity index (χ0) is 15.7. The van der Waals surface area contributed by atoms with E-state index in [0.717, 1.165) is 13.0 Å². The maximum absolute atomic E-state index is 11.0. The number of hydrogen-bond acceptors (Lipinski definition) is 2. The van der Waals surface area contributed by atoms with E-state index in [1.54, 1.807) is 0 Å². The molecule has 3 atom stereocenters. The molecule has 0 radical (unpaired) electrons. The van der Waals surface area contributed by atoms with Gasteiger partial charge in [-0.1, -0.05) is 61.5 Å². The number of likely N-dealkylation sites (tertiary alicyclic amines) is 1. The van der Waals surface area contributed by atoms with Crippen LogP contribution in [0.2, 0.25) is 0 Å². The summed E-state index contributed by atoms with van der Waals surface area (Å²) in [5.74, 6) is 0.236. The molecular weight excluding hydrogens is 270 g/mol. The topological polar surface area (TPSA) is 23.5 Å². The molecule has 2 heteroatoms. The summed E-state index contributed by atoms with van der Waals surface area (Å²) in [6.45, 7) is 5.25. The maximum Gasteiger partial charge on any atom is 0.0883 e. The summed E-state index contributed by atoms with van der Waals surface area (Å²) in [4.78, 5) is 2.32. The summed E-state index contributed by atoms with van der Waals surface area (Å²) in [5, 5.41) is 13.5. The monoisotopic (exact) mass is 295 g/mol. The van der Waals surface area contributed by atoms with E-state index in [0.29, 0.717) is 6.04 Å². The summed E-state index contributed by atoms with van der Waals surface area (Å²) in [6, 6.07) is 15.1. The molecule has 1 saturated heterocycles. The van der Waals surface area contributed by atoms with Crippen LogP contribution in [0.3, 0.4) is 0 Å². The summed E-state index contributed by atoms with van der Waals surface area (Å²) < 4.78 is 0. The lowest BCUT2D eigenvalue weighted by Gasteiger charge is -2.44. The largest absolute Gasteiger partial charge is 0.385 e. The number of piperidine rings is 1. The number of rotatable bonds is 2. The molecule has 2 aromatic rings. The van der Waals surface area contributed by atoms with Crippen LogP contribution in [0.15, 0.2) is 48.5 Å². The van der Waals surface area contributed by atoms with E-state index < -0.39 is 5.60 Å². The molecule has 1 aliphatic rings. The number of nitrogens with zero attached hydrogens (tertiary/aromatic N) is 1. The summed E-state index contributed by atoms with van der Waals surface area (Å²) in [6.07, 6.45) is 4.89. The number of aliphatic hydroxyl groups is 1. The Bertz CT molecular complexity index is 688. The van der Waals surface area contributed by atoms with Crippen LogP contribution in [0.4, 0.5) is 0 Å². The van der Waals surface area contributed by atoms with Gasteiger partial charge >= 0.3 is 0 Å². The Morgan fingerprint density at radius 1 is 1.14 bits per heavy atom. The van der Waals surface area contributed by atoms with E-state index >= 15 is 0 Å². The minimum Gasteiger partial charge on any atom is -0.385 e. The Morgan fingerprint density at radius 2 is 1.86 bits per heavy atom. The first kappa shape index (κ1) is 15.3. The molecule has 2 nitrogen and oxygen atoms in total. The number of fused-ring (bicyclic) bond motifs is 1. The van der Waals surface area contributed by atoms with E-state index in [1.807, 2.05) is 6.08 Å². The zero-order valence-electron chi connectivity index (χ0n) is 13.7.